The molecule has 0 aliphatic rings. The van der Waals surface area contributed by atoms with Gasteiger partial charge in [0, 0.05) is 6.20 Å². The van der Waals surface area contributed by atoms with E-state index in [9.17, 15) is 9.59 Å². The Balaban J connectivity index is 2.76. The van der Waals surface area contributed by atoms with Gasteiger partial charge in [0.25, 0.3) is 5.56 Å². The first kappa shape index (κ1) is 11.3. The van der Waals surface area contributed by atoms with Gasteiger partial charge in [-0.25, -0.2) is 9.78 Å². The number of aryl methyl sites for hydroxylation is 1. The monoisotopic (exact) mass is 302 g/mol. The first-order valence-corrected chi connectivity index (χ1v) is 5.92. The molecule has 16 heavy (non-hydrogen) atoms. The maximum absolute atomic E-state index is 11.8. The largest absolute Gasteiger partial charge is 0.465 e. The van der Waals surface area contributed by atoms with E-state index >= 15 is 0 Å². The smallest absolute Gasteiger partial charge is 0.349 e. The zero-order valence-corrected chi connectivity index (χ0v) is 10.9. The number of thiazole rings is 1. The van der Waals surface area contributed by atoms with Gasteiger partial charge >= 0.3 is 5.97 Å². The number of methoxy groups -OCH3 is 1. The number of nitrogens with zero attached hydrogens (tertiary/aromatic N) is 2. The maximum Gasteiger partial charge on any atom is 0.349 e. The molecule has 0 amide bonds. The average molecular weight is 303 g/mol. The first-order valence-electron chi connectivity index (χ1n) is 4.31. The van der Waals surface area contributed by atoms with Crippen LogP contribution in [-0.2, 0) is 4.74 Å². The number of esters is 1. The topological polar surface area (TPSA) is 60.7 Å². The molecule has 84 valence electrons. The molecule has 5 nitrogen and oxygen atoms in total. The van der Waals surface area contributed by atoms with Gasteiger partial charge in [0.2, 0.25) is 0 Å². The number of hydrogen-bond acceptors (Lipinski definition) is 5. The van der Waals surface area contributed by atoms with Crippen LogP contribution in [0.5, 0.6) is 0 Å². The van der Waals surface area contributed by atoms with Gasteiger partial charge in [-0.1, -0.05) is 11.3 Å². The van der Waals surface area contributed by atoms with Gasteiger partial charge in [-0.3, -0.25) is 9.20 Å². The summed E-state index contributed by atoms with van der Waals surface area (Å²) < 4.78 is 6.31. The summed E-state index contributed by atoms with van der Waals surface area (Å²) >= 11 is 4.28. The minimum atomic E-state index is -0.469. The molecule has 2 aromatic heterocycles. The Kier molecular flexibility index (Phi) is 2.81. The highest BCUT2D eigenvalue weighted by Gasteiger charge is 2.14. The van der Waals surface area contributed by atoms with Gasteiger partial charge in [0.05, 0.1) is 12.8 Å². The van der Waals surface area contributed by atoms with Crippen molar-refractivity contribution in [3.63, 3.8) is 0 Å². The Morgan fingerprint density at radius 2 is 2.31 bits per heavy atom. The minimum absolute atomic E-state index is 0.228. The van der Waals surface area contributed by atoms with E-state index in [0.717, 1.165) is 11.3 Å². The third-order valence-electron chi connectivity index (χ3n) is 2.03. The molecule has 0 saturated carbocycles. The van der Waals surface area contributed by atoms with Crippen LogP contribution in [0, 0.1) is 6.92 Å². The van der Waals surface area contributed by atoms with Crippen LogP contribution in [0.1, 0.15) is 15.4 Å². The van der Waals surface area contributed by atoms with Crippen LogP contribution >= 0.6 is 27.3 Å². The number of fused-ring (bicyclic) bond motifs is 1. The summed E-state index contributed by atoms with van der Waals surface area (Å²) in [5.74, 6) is -0.469. The summed E-state index contributed by atoms with van der Waals surface area (Å²) in [5, 5.41) is 0. The molecule has 0 fully saturated rings. The van der Waals surface area contributed by atoms with Crippen LogP contribution in [0.25, 0.3) is 4.96 Å². The van der Waals surface area contributed by atoms with Crippen LogP contribution < -0.4 is 5.56 Å². The molecule has 0 aliphatic carbocycles. The molecule has 2 heterocycles. The number of hydrogen-bond donors (Lipinski definition) is 0. The predicted molar refractivity (Wildman–Crippen MR) is 63.1 cm³/mol. The van der Waals surface area contributed by atoms with E-state index in [0.29, 0.717) is 20.0 Å². The lowest BCUT2D eigenvalue weighted by atomic mass is 10.4. The van der Waals surface area contributed by atoms with Gasteiger partial charge in [0.15, 0.2) is 4.96 Å². The fourth-order valence-corrected chi connectivity index (χ4v) is 2.43. The molecule has 0 aliphatic heterocycles. The summed E-state index contributed by atoms with van der Waals surface area (Å²) in [5.41, 5.74) is 0.372. The molecular formula is C9H7BrN2O3S. The highest BCUT2D eigenvalue weighted by molar-refractivity contribution is 9.10. The van der Waals surface area contributed by atoms with Crippen molar-refractivity contribution >= 4 is 38.2 Å². The Hall–Kier alpha value is -1.21. The Morgan fingerprint density at radius 3 is 2.94 bits per heavy atom. The minimum Gasteiger partial charge on any atom is -0.465 e. The van der Waals surface area contributed by atoms with Gasteiger partial charge in [-0.15, -0.1) is 0 Å². The lowest BCUT2D eigenvalue weighted by molar-refractivity contribution is 0.0606. The molecule has 0 saturated heterocycles. The van der Waals surface area contributed by atoms with Crippen LogP contribution in [0.4, 0.5) is 0 Å². The Bertz CT molecular complexity index is 631. The van der Waals surface area contributed by atoms with Crippen molar-refractivity contribution in [2.45, 2.75) is 6.92 Å². The SMILES string of the molecule is COC(=O)c1cn2c(=O)c(Br)c(C)nc2s1. The van der Waals surface area contributed by atoms with E-state index in [-0.39, 0.29) is 5.56 Å². The molecule has 0 unspecified atom stereocenters. The van der Waals surface area contributed by atoms with Crippen molar-refractivity contribution in [2.24, 2.45) is 0 Å². The van der Waals surface area contributed by atoms with Crippen LogP contribution in [0.3, 0.4) is 0 Å². The number of carbonyl (C=O) groups excluding carboxylic acids is 1. The van der Waals surface area contributed by atoms with E-state index < -0.39 is 5.97 Å². The van der Waals surface area contributed by atoms with Gasteiger partial charge in [-0.2, -0.15) is 0 Å². The molecule has 2 aromatic rings. The number of halogens is 1. The van der Waals surface area contributed by atoms with Crippen molar-refractivity contribution in [3.8, 4) is 0 Å². The fourth-order valence-electron chi connectivity index (χ4n) is 1.22. The highest BCUT2D eigenvalue weighted by atomic mass is 79.9. The normalized spacial score (nSPS) is 10.7. The number of ether oxygens (including phenoxy) is 1. The van der Waals surface area contributed by atoms with E-state index in [1.807, 2.05) is 0 Å². The van der Waals surface area contributed by atoms with Crippen LogP contribution in [0.15, 0.2) is 15.5 Å². The second-order valence-electron chi connectivity index (χ2n) is 3.06. The quantitative estimate of drug-likeness (QED) is 0.751. The summed E-state index contributed by atoms with van der Waals surface area (Å²) in [6.07, 6.45) is 1.44. The third kappa shape index (κ3) is 1.65. The predicted octanol–water partition coefficient (Wildman–Crippen LogP) is 1.61. The van der Waals surface area contributed by atoms with E-state index in [1.54, 1.807) is 6.92 Å². The molecule has 0 radical (unpaired) electrons. The molecule has 2 rings (SSSR count). The lowest BCUT2D eigenvalue weighted by Gasteiger charge is -1.96. The number of rotatable bonds is 1. The van der Waals surface area contributed by atoms with Crippen LogP contribution in [-0.4, -0.2) is 22.5 Å². The lowest BCUT2D eigenvalue weighted by Crippen LogP contribution is -2.14. The molecule has 0 N–H and O–H groups in total. The molecular weight excluding hydrogens is 296 g/mol. The van der Waals surface area contributed by atoms with Crippen LogP contribution in [0.2, 0.25) is 0 Å². The standard InChI is InChI=1S/C9H7BrN2O3S/c1-4-6(10)7(13)12-3-5(8(14)15-2)16-9(12)11-4/h3H,1-2H3. The maximum atomic E-state index is 11.8. The summed E-state index contributed by atoms with van der Waals surface area (Å²) in [6, 6.07) is 0. The number of aromatic nitrogens is 2. The van der Waals surface area contributed by atoms with E-state index in [2.05, 4.69) is 25.7 Å². The zero-order valence-electron chi connectivity index (χ0n) is 8.48. The highest BCUT2D eigenvalue weighted by Crippen LogP contribution is 2.18. The Labute approximate surface area is 103 Å². The molecule has 7 heteroatoms. The Morgan fingerprint density at radius 1 is 1.62 bits per heavy atom. The molecule has 0 aromatic carbocycles. The van der Waals surface area contributed by atoms with Crippen molar-refractivity contribution in [1.29, 1.82) is 0 Å². The molecule has 0 atom stereocenters. The average Bonchev–Trinajstić information content (AvgIpc) is 2.69. The summed E-state index contributed by atoms with van der Waals surface area (Å²) in [6.45, 7) is 1.73. The van der Waals surface area contributed by atoms with Gasteiger partial charge < -0.3 is 4.74 Å². The fraction of sp³-hybridized carbons (Fsp3) is 0.222. The second-order valence-corrected chi connectivity index (χ2v) is 4.86. The van der Waals surface area contributed by atoms with Crippen molar-refractivity contribution < 1.29 is 9.53 Å². The van der Waals surface area contributed by atoms with Crippen molar-refractivity contribution in [3.05, 3.63) is 31.6 Å². The summed E-state index contributed by atoms with van der Waals surface area (Å²) in [4.78, 5) is 28.1. The molecule has 0 bridgehead atoms. The molecule has 0 spiro atoms. The zero-order chi connectivity index (χ0) is 11.9. The van der Waals surface area contributed by atoms with Crippen molar-refractivity contribution in [1.82, 2.24) is 9.38 Å². The van der Waals surface area contributed by atoms with Gasteiger partial charge in [0.1, 0.15) is 9.35 Å². The summed E-state index contributed by atoms with van der Waals surface area (Å²) in [7, 11) is 1.30. The third-order valence-corrected chi connectivity index (χ3v) is 3.90. The van der Waals surface area contributed by atoms with Crippen molar-refractivity contribution in [2.75, 3.05) is 7.11 Å². The second kappa shape index (κ2) is 3.99. The van der Waals surface area contributed by atoms with E-state index in [1.165, 1.54) is 17.7 Å². The first-order chi connectivity index (χ1) is 7.54. The van der Waals surface area contributed by atoms with E-state index in [4.69, 9.17) is 0 Å². The van der Waals surface area contributed by atoms with Gasteiger partial charge in [-0.05, 0) is 22.9 Å². The number of carbonyl (C=O) groups is 1.